The SMILES string of the molecule is CSc1ccc(NC(=O)C(C)(C)N2COC(C)=C(c3ccccc3)C2=O)cc1. The van der Waals surface area contributed by atoms with Crippen LogP contribution < -0.4 is 5.32 Å². The maximum absolute atomic E-state index is 13.2. The lowest BCUT2D eigenvalue weighted by Gasteiger charge is -2.40. The van der Waals surface area contributed by atoms with E-state index in [2.05, 4.69) is 5.32 Å². The molecule has 5 nitrogen and oxygen atoms in total. The summed E-state index contributed by atoms with van der Waals surface area (Å²) in [4.78, 5) is 28.8. The number of carbonyl (C=O) groups is 2. The molecule has 0 aliphatic carbocycles. The van der Waals surface area contributed by atoms with Gasteiger partial charge in [0.1, 0.15) is 11.3 Å². The molecular formula is C22H24N2O3S. The molecule has 1 heterocycles. The molecule has 146 valence electrons. The largest absolute Gasteiger partial charge is 0.477 e. The van der Waals surface area contributed by atoms with Crippen LogP contribution in [0.2, 0.25) is 0 Å². The third-order valence-corrected chi connectivity index (χ3v) is 5.61. The van der Waals surface area contributed by atoms with Gasteiger partial charge < -0.3 is 10.1 Å². The van der Waals surface area contributed by atoms with E-state index >= 15 is 0 Å². The number of nitrogens with one attached hydrogen (secondary N) is 1. The van der Waals surface area contributed by atoms with Crippen molar-refractivity contribution in [1.29, 1.82) is 0 Å². The van der Waals surface area contributed by atoms with Crippen LogP contribution in [0.3, 0.4) is 0 Å². The van der Waals surface area contributed by atoms with Gasteiger partial charge in [0.05, 0.1) is 5.57 Å². The van der Waals surface area contributed by atoms with Crippen LogP contribution in [0.1, 0.15) is 26.3 Å². The summed E-state index contributed by atoms with van der Waals surface area (Å²) >= 11 is 1.64. The highest BCUT2D eigenvalue weighted by Gasteiger charge is 2.42. The van der Waals surface area contributed by atoms with Gasteiger partial charge in [-0.3, -0.25) is 14.5 Å². The van der Waals surface area contributed by atoms with Gasteiger partial charge in [-0.05, 0) is 56.9 Å². The second-order valence-corrected chi connectivity index (χ2v) is 7.93. The highest BCUT2D eigenvalue weighted by atomic mass is 32.2. The average molecular weight is 397 g/mol. The van der Waals surface area contributed by atoms with Crippen molar-refractivity contribution in [3.05, 3.63) is 65.9 Å². The first-order chi connectivity index (χ1) is 13.3. The topological polar surface area (TPSA) is 58.6 Å². The second kappa shape index (κ2) is 8.10. The van der Waals surface area contributed by atoms with Crippen molar-refractivity contribution in [2.75, 3.05) is 18.3 Å². The number of thioether (sulfide) groups is 1. The molecule has 0 spiro atoms. The molecule has 0 aromatic heterocycles. The van der Waals surface area contributed by atoms with Crippen molar-refractivity contribution in [3.8, 4) is 0 Å². The van der Waals surface area contributed by atoms with Crippen molar-refractivity contribution in [2.24, 2.45) is 0 Å². The van der Waals surface area contributed by atoms with E-state index in [4.69, 9.17) is 4.74 Å². The van der Waals surface area contributed by atoms with Crippen LogP contribution >= 0.6 is 11.8 Å². The van der Waals surface area contributed by atoms with Crippen molar-refractivity contribution < 1.29 is 14.3 Å². The Morgan fingerprint density at radius 2 is 1.75 bits per heavy atom. The number of allylic oxidation sites excluding steroid dienone is 1. The molecule has 1 N–H and O–H groups in total. The van der Waals surface area contributed by atoms with Crippen LogP contribution in [-0.2, 0) is 14.3 Å². The minimum atomic E-state index is -1.09. The van der Waals surface area contributed by atoms with Crippen molar-refractivity contribution in [3.63, 3.8) is 0 Å². The number of benzene rings is 2. The van der Waals surface area contributed by atoms with Crippen LogP contribution in [-0.4, -0.2) is 35.2 Å². The van der Waals surface area contributed by atoms with Gasteiger partial charge in [-0.2, -0.15) is 0 Å². The third kappa shape index (κ3) is 3.92. The van der Waals surface area contributed by atoms with E-state index in [1.165, 1.54) is 4.90 Å². The summed E-state index contributed by atoms with van der Waals surface area (Å²) in [6.07, 6.45) is 2.00. The summed E-state index contributed by atoms with van der Waals surface area (Å²) in [6, 6.07) is 17.0. The minimum absolute atomic E-state index is 0.0346. The van der Waals surface area contributed by atoms with Gasteiger partial charge in [0.15, 0.2) is 6.73 Å². The lowest BCUT2D eigenvalue weighted by molar-refractivity contribution is -0.147. The number of anilines is 1. The maximum Gasteiger partial charge on any atom is 0.261 e. The van der Waals surface area contributed by atoms with Gasteiger partial charge in [0, 0.05) is 10.6 Å². The van der Waals surface area contributed by atoms with Crippen LogP contribution in [0.15, 0.2) is 65.3 Å². The summed E-state index contributed by atoms with van der Waals surface area (Å²) in [5.41, 5.74) is 0.863. The number of nitrogens with zero attached hydrogens (tertiary/aromatic N) is 1. The highest BCUT2D eigenvalue weighted by molar-refractivity contribution is 7.98. The maximum atomic E-state index is 13.2. The smallest absolute Gasteiger partial charge is 0.261 e. The van der Waals surface area contributed by atoms with Gasteiger partial charge in [0.2, 0.25) is 5.91 Å². The van der Waals surface area contributed by atoms with Gasteiger partial charge >= 0.3 is 0 Å². The molecule has 2 amide bonds. The van der Waals surface area contributed by atoms with E-state index in [9.17, 15) is 9.59 Å². The normalized spacial score (nSPS) is 14.7. The predicted molar refractivity (Wildman–Crippen MR) is 113 cm³/mol. The van der Waals surface area contributed by atoms with Crippen LogP contribution in [0.4, 0.5) is 5.69 Å². The fourth-order valence-corrected chi connectivity index (χ4v) is 3.41. The second-order valence-electron chi connectivity index (χ2n) is 7.05. The summed E-state index contributed by atoms with van der Waals surface area (Å²) in [5, 5.41) is 2.90. The Bertz CT molecular complexity index is 905. The highest BCUT2D eigenvalue weighted by Crippen LogP contribution is 2.31. The fraction of sp³-hybridized carbons (Fsp3) is 0.273. The molecule has 28 heavy (non-hydrogen) atoms. The Hall–Kier alpha value is -2.73. The molecule has 0 saturated carbocycles. The molecular weight excluding hydrogens is 372 g/mol. The zero-order valence-corrected chi connectivity index (χ0v) is 17.3. The molecule has 1 aliphatic rings. The van der Waals surface area contributed by atoms with E-state index < -0.39 is 5.54 Å². The van der Waals surface area contributed by atoms with Crippen LogP contribution in [0, 0.1) is 0 Å². The molecule has 0 atom stereocenters. The molecule has 1 aliphatic heterocycles. The van der Waals surface area contributed by atoms with E-state index in [-0.39, 0.29) is 18.5 Å². The lowest BCUT2D eigenvalue weighted by Crippen LogP contribution is -2.57. The zero-order chi connectivity index (χ0) is 20.3. The lowest BCUT2D eigenvalue weighted by atomic mass is 9.96. The Labute approximate surface area is 169 Å². The number of rotatable bonds is 5. The molecule has 2 aromatic carbocycles. The molecule has 0 fully saturated rings. The average Bonchev–Trinajstić information content (AvgIpc) is 2.69. The van der Waals surface area contributed by atoms with Crippen molar-refractivity contribution in [1.82, 2.24) is 4.90 Å². The molecule has 6 heteroatoms. The first-order valence-electron chi connectivity index (χ1n) is 9.01. The van der Waals surface area contributed by atoms with Gasteiger partial charge in [-0.1, -0.05) is 30.3 Å². The first kappa shape index (κ1) is 20.0. The zero-order valence-electron chi connectivity index (χ0n) is 16.5. The molecule has 0 saturated heterocycles. The standard InChI is InChI=1S/C22H24N2O3S/c1-15-19(16-8-6-5-7-9-16)20(25)24(14-27-15)22(2,3)21(26)23-17-10-12-18(28-4)13-11-17/h5-13H,14H2,1-4H3,(H,23,26). The van der Waals surface area contributed by atoms with Crippen LogP contribution in [0.25, 0.3) is 5.57 Å². The van der Waals surface area contributed by atoms with E-state index in [0.717, 1.165) is 10.5 Å². The third-order valence-electron chi connectivity index (χ3n) is 4.86. The van der Waals surface area contributed by atoms with Gasteiger partial charge in [0.25, 0.3) is 5.91 Å². The van der Waals surface area contributed by atoms with Gasteiger partial charge in [-0.25, -0.2) is 0 Å². The minimum Gasteiger partial charge on any atom is -0.477 e. The number of carbonyl (C=O) groups excluding carboxylic acids is 2. The molecule has 3 rings (SSSR count). The summed E-state index contributed by atoms with van der Waals surface area (Å²) < 4.78 is 5.75. The number of hydrogen-bond donors (Lipinski definition) is 1. The summed E-state index contributed by atoms with van der Waals surface area (Å²) in [5.74, 6) is 0.0810. The molecule has 2 aromatic rings. The molecule has 0 unspecified atom stereocenters. The van der Waals surface area contributed by atoms with E-state index in [0.29, 0.717) is 17.0 Å². The Morgan fingerprint density at radius 3 is 2.36 bits per heavy atom. The quantitative estimate of drug-likeness (QED) is 0.763. The van der Waals surface area contributed by atoms with Crippen molar-refractivity contribution >= 4 is 34.8 Å². The molecule has 0 radical (unpaired) electrons. The number of ether oxygens (including phenoxy) is 1. The Morgan fingerprint density at radius 1 is 1.11 bits per heavy atom. The Balaban J connectivity index is 1.82. The number of amides is 2. The van der Waals surface area contributed by atoms with Crippen molar-refractivity contribution in [2.45, 2.75) is 31.2 Å². The first-order valence-corrected chi connectivity index (χ1v) is 10.2. The Kier molecular flexibility index (Phi) is 5.79. The van der Waals surface area contributed by atoms with E-state index in [1.54, 1.807) is 32.5 Å². The summed E-state index contributed by atoms with van der Waals surface area (Å²) in [7, 11) is 0. The monoisotopic (exact) mass is 396 g/mol. The summed E-state index contributed by atoms with van der Waals surface area (Å²) in [6.45, 7) is 5.26. The molecule has 0 bridgehead atoms. The van der Waals surface area contributed by atoms with Crippen LogP contribution in [0.5, 0.6) is 0 Å². The predicted octanol–water partition coefficient (Wildman–Crippen LogP) is 4.37. The fourth-order valence-electron chi connectivity index (χ4n) is 3.01. The number of hydrogen-bond acceptors (Lipinski definition) is 4. The van der Waals surface area contributed by atoms with E-state index in [1.807, 2.05) is 60.9 Å². The van der Waals surface area contributed by atoms with Gasteiger partial charge in [-0.15, -0.1) is 11.8 Å².